The minimum atomic E-state index is -4.40. The fourth-order valence-corrected chi connectivity index (χ4v) is 6.34. The van der Waals surface area contributed by atoms with Gasteiger partial charge in [-0.25, -0.2) is 4.57 Å². The number of allylic oxidation sites excluding steroid dienone is 9. The van der Waals surface area contributed by atoms with Crippen molar-refractivity contribution < 1.29 is 47.2 Å². The third-order valence-corrected chi connectivity index (χ3v) is 10.1. The zero-order chi connectivity index (χ0) is 42.3. The molecule has 0 rings (SSSR count). The molecule has 0 aromatic carbocycles. The highest BCUT2D eigenvalue weighted by Gasteiger charge is 2.27. The highest BCUT2D eigenvalue weighted by molar-refractivity contribution is 7.47. The summed E-state index contributed by atoms with van der Waals surface area (Å²) in [7, 11) is 1.41. The molecule has 0 aliphatic rings. The SMILES string of the molecule is CCCCCC/C=C\CCCCCCCCCC(=O)O[C@H](COC(=O)CCC/C=C\C/C=C\C/C=C\C/C=C\CC(O)CCC)COP(=O)(O)OCC[N+](C)(C)C. The molecule has 0 saturated heterocycles. The molecule has 0 spiro atoms. The molecule has 330 valence electrons. The van der Waals surface area contributed by atoms with Crippen molar-refractivity contribution in [2.24, 2.45) is 0 Å². The number of rotatable bonds is 39. The maximum Gasteiger partial charge on any atom is 0.472 e. The number of hydrogen-bond donors (Lipinski definition) is 2. The number of hydrogen-bond acceptors (Lipinski definition) is 8. The molecule has 0 saturated carbocycles. The third-order valence-electron chi connectivity index (χ3n) is 9.08. The van der Waals surface area contributed by atoms with Crippen LogP contribution in [0.25, 0.3) is 0 Å². The van der Waals surface area contributed by atoms with Gasteiger partial charge in [0.15, 0.2) is 6.10 Å². The number of aliphatic hydroxyl groups is 1. The number of aliphatic hydroxyl groups excluding tert-OH is 1. The summed E-state index contributed by atoms with van der Waals surface area (Å²) in [4.78, 5) is 35.3. The van der Waals surface area contributed by atoms with E-state index in [1.807, 2.05) is 33.3 Å². The normalized spacial score (nSPS) is 14.7. The van der Waals surface area contributed by atoms with Gasteiger partial charge in [0.1, 0.15) is 19.8 Å². The summed E-state index contributed by atoms with van der Waals surface area (Å²) in [6.07, 6.45) is 41.9. The number of nitrogens with zero attached hydrogens (tertiary/aromatic N) is 1. The topological polar surface area (TPSA) is 129 Å². The zero-order valence-corrected chi connectivity index (χ0v) is 37.6. The lowest BCUT2D eigenvalue weighted by Gasteiger charge is -2.24. The summed E-state index contributed by atoms with van der Waals surface area (Å²) in [6.45, 7) is 4.12. The number of esters is 2. The summed E-state index contributed by atoms with van der Waals surface area (Å²) in [5.41, 5.74) is 0. The van der Waals surface area contributed by atoms with E-state index < -0.39 is 32.5 Å². The van der Waals surface area contributed by atoms with Crippen LogP contribution in [0.4, 0.5) is 0 Å². The molecule has 2 N–H and O–H groups in total. The second-order valence-corrected chi connectivity index (χ2v) is 17.4. The van der Waals surface area contributed by atoms with E-state index >= 15 is 0 Å². The number of quaternary nitrogens is 1. The van der Waals surface area contributed by atoms with Gasteiger partial charge in [-0.3, -0.25) is 18.6 Å². The molecule has 0 amide bonds. The van der Waals surface area contributed by atoms with Gasteiger partial charge in [-0.2, -0.15) is 0 Å². The van der Waals surface area contributed by atoms with Crippen molar-refractivity contribution in [3.05, 3.63) is 60.8 Å². The van der Waals surface area contributed by atoms with Gasteiger partial charge >= 0.3 is 19.8 Å². The Morgan fingerprint density at radius 2 is 1.12 bits per heavy atom. The summed E-state index contributed by atoms with van der Waals surface area (Å²) in [5, 5.41) is 9.73. The van der Waals surface area contributed by atoms with Crippen LogP contribution >= 0.6 is 7.82 Å². The smallest absolute Gasteiger partial charge is 0.462 e. The standard InChI is InChI=1S/C46H82NO9P/c1-6-8-9-10-11-12-13-14-15-18-22-25-28-31-34-38-46(50)56-44(42-55-57(51,52)54-40-39-47(3,4)5)41-53-45(49)37-33-30-27-24-21-19-16-17-20-23-26-29-32-36-43(48)35-7-2/h12-13,16,19-20,23-24,27,29,32,43-44,48H,6-11,14-15,17-18,21-22,25-26,28,30-31,33-42H2,1-5H3/p+1/b13-12-,19-16-,23-20-,27-24-,32-29-/t43?,44-/m1/s1. The first-order chi connectivity index (χ1) is 27.4. The van der Waals surface area contributed by atoms with Crippen molar-refractivity contribution in [1.82, 2.24) is 0 Å². The Balaban J connectivity index is 4.48. The first-order valence-electron chi connectivity index (χ1n) is 22.1. The van der Waals surface area contributed by atoms with Gasteiger partial charge in [0.25, 0.3) is 0 Å². The molecule has 2 unspecified atom stereocenters. The van der Waals surface area contributed by atoms with E-state index in [-0.39, 0.29) is 32.2 Å². The minimum Gasteiger partial charge on any atom is -0.462 e. The maximum absolute atomic E-state index is 12.7. The fraction of sp³-hybridized carbons (Fsp3) is 0.739. The molecule has 0 heterocycles. The van der Waals surface area contributed by atoms with E-state index in [0.717, 1.165) is 64.2 Å². The van der Waals surface area contributed by atoms with Crippen LogP contribution in [-0.4, -0.2) is 86.1 Å². The summed E-state index contributed by atoms with van der Waals surface area (Å²) in [5.74, 6) is -0.894. The van der Waals surface area contributed by atoms with E-state index in [1.54, 1.807) is 0 Å². The molecular weight excluding hydrogens is 741 g/mol. The third kappa shape index (κ3) is 41.6. The summed E-state index contributed by atoms with van der Waals surface area (Å²) in [6, 6.07) is 0. The van der Waals surface area contributed by atoms with Crippen molar-refractivity contribution in [3.63, 3.8) is 0 Å². The summed E-state index contributed by atoms with van der Waals surface area (Å²) >= 11 is 0. The van der Waals surface area contributed by atoms with Gasteiger partial charge < -0.3 is 24.0 Å². The van der Waals surface area contributed by atoms with Crippen LogP contribution in [0.15, 0.2) is 60.8 Å². The number of phosphoric ester groups is 1. The Hall–Kier alpha value is -2.33. The number of likely N-dealkylation sites (N-methyl/N-ethyl adjacent to an activating group) is 1. The highest BCUT2D eigenvalue weighted by atomic mass is 31.2. The Morgan fingerprint density at radius 1 is 0.614 bits per heavy atom. The Bertz CT molecular complexity index is 1170. The second-order valence-electron chi connectivity index (χ2n) is 15.9. The molecule has 0 radical (unpaired) electrons. The van der Waals surface area contributed by atoms with Crippen LogP contribution in [0.5, 0.6) is 0 Å². The van der Waals surface area contributed by atoms with Crippen LogP contribution < -0.4 is 0 Å². The number of ether oxygens (including phenoxy) is 2. The van der Waals surface area contributed by atoms with Crippen molar-refractivity contribution >= 4 is 19.8 Å². The van der Waals surface area contributed by atoms with Crippen molar-refractivity contribution in [2.75, 3.05) is 47.5 Å². The Morgan fingerprint density at radius 3 is 1.72 bits per heavy atom. The van der Waals surface area contributed by atoms with Crippen LogP contribution in [0.1, 0.15) is 162 Å². The number of unbranched alkanes of at least 4 members (excludes halogenated alkanes) is 12. The maximum atomic E-state index is 12.7. The van der Waals surface area contributed by atoms with E-state index in [2.05, 4.69) is 62.5 Å². The molecule has 0 aliphatic heterocycles. The quantitative estimate of drug-likeness (QED) is 0.0205. The molecular formula is C46H83NO9P+. The fourth-order valence-electron chi connectivity index (χ4n) is 5.60. The molecule has 0 aromatic rings. The largest absolute Gasteiger partial charge is 0.472 e. The van der Waals surface area contributed by atoms with Gasteiger partial charge in [-0.05, 0) is 77.0 Å². The second kappa shape index (κ2) is 37.9. The Kier molecular flexibility index (Phi) is 36.4. The van der Waals surface area contributed by atoms with Gasteiger partial charge in [0.05, 0.1) is 33.9 Å². The van der Waals surface area contributed by atoms with Crippen LogP contribution in [0.2, 0.25) is 0 Å². The van der Waals surface area contributed by atoms with Crippen molar-refractivity contribution in [1.29, 1.82) is 0 Å². The first kappa shape index (κ1) is 54.7. The number of carbonyl (C=O) groups excluding carboxylic acids is 2. The zero-order valence-electron chi connectivity index (χ0n) is 36.7. The Labute approximate surface area is 348 Å². The van der Waals surface area contributed by atoms with Gasteiger partial charge in [0.2, 0.25) is 0 Å². The molecule has 0 aliphatic carbocycles. The molecule has 10 nitrogen and oxygen atoms in total. The van der Waals surface area contributed by atoms with Crippen LogP contribution in [0.3, 0.4) is 0 Å². The molecule has 3 atom stereocenters. The van der Waals surface area contributed by atoms with E-state index in [4.69, 9.17) is 18.5 Å². The molecule has 0 bridgehead atoms. The lowest BCUT2D eigenvalue weighted by Crippen LogP contribution is -2.37. The molecule has 11 heteroatoms. The van der Waals surface area contributed by atoms with Crippen LogP contribution in [0, 0.1) is 0 Å². The predicted octanol–water partition coefficient (Wildman–Crippen LogP) is 11.4. The molecule has 0 aromatic heterocycles. The van der Waals surface area contributed by atoms with Crippen molar-refractivity contribution in [2.45, 2.75) is 174 Å². The molecule has 0 fully saturated rings. The van der Waals surface area contributed by atoms with E-state index in [1.165, 1.54) is 51.4 Å². The number of carbonyl (C=O) groups is 2. The van der Waals surface area contributed by atoms with Crippen molar-refractivity contribution in [3.8, 4) is 0 Å². The van der Waals surface area contributed by atoms with Crippen LogP contribution in [-0.2, 0) is 32.7 Å². The van der Waals surface area contributed by atoms with Gasteiger partial charge in [0, 0.05) is 12.8 Å². The van der Waals surface area contributed by atoms with E-state index in [0.29, 0.717) is 30.3 Å². The monoisotopic (exact) mass is 825 g/mol. The highest BCUT2D eigenvalue weighted by Crippen LogP contribution is 2.43. The average molecular weight is 825 g/mol. The van der Waals surface area contributed by atoms with E-state index in [9.17, 15) is 24.2 Å². The lowest BCUT2D eigenvalue weighted by atomic mass is 10.1. The average Bonchev–Trinajstić information content (AvgIpc) is 3.15. The summed E-state index contributed by atoms with van der Waals surface area (Å²) < 4.78 is 34.2. The molecule has 57 heavy (non-hydrogen) atoms. The lowest BCUT2D eigenvalue weighted by molar-refractivity contribution is -0.870. The predicted molar refractivity (Wildman–Crippen MR) is 235 cm³/mol. The van der Waals surface area contributed by atoms with Gasteiger partial charge in [-0.1, -0.05) is 132 Å². The minimum absolute atomic E-state index is 0.0138. The first-order valence-corrected chi connectivity index (χ1v) is 23.6. The number of phosphoric acid groups is 1. The van der Waals surface area contributed by atoms with Gasteiger partial charge in [-0.15, -0.1) is 0 Å².